The van der Waals surface area contributed by atoms with E-state index in [1.54, 1.807) is 12.1 Å². The standard InChI is InChI=1S/C17H16F2N2O/c18-13-9-12(10-14(19)11-13)17(22)20-15-3-5-16(6-4-15)21-7-1-2-8-21/h3-6,9-11H,1-2,7-8H2,(H,20,22). The monoisotopic (exact) mass is 302 g/mol. The molecule has 2 aromatic carbocycles. The molecule has 3 nitrogen and oxygen atoms in total. The van der Waals surface area contributed by atoms with Gasteiger partial charge in [-0.15, -0.1) is 0 Å². The maximum atomic E-state index is 13.1. The van der Waals surface area contributed by atoms with Gasteiger partial charge in [0.05, 0.1) is 0 Å². The van der Waals surface area contributed by atoms with Gasteiger partial charge in [0.15, 0.2) is 0 Å². The summed E-state index contributed by atoms with van der Waals surface area (Å²) in [7, 11) is 0. The molecule has 0 bridgehead atoms. The highest BCUT2D eigenvalue weighted by Gasteiger charge is 2.13. The second-order valence-corrected chi connectivity index (χ2v) is 5.35. The summed E-state index contributed by atoms with van der Waals surface area (Å²) in [4.78, 5) is 14.3. The van der Waals surface area contributed by atoms with Crippen LogP contribution in [0.15, 0.2) is 42.5 Å². The normalized spacial score (nSPS) is 14.2. The molecule has 2 aromatic rings. The zero-order chi connectivity index (χ0) is 15.5. The number of hydrogen-bond acceptors (Lipinski definition) is 2. The smallest absolute Gasteiger partial charge is 0.255 e. The molecule has 0 spiro atoms. The van der Waals surface area contributed by atoms with Gasteiger partial charge in [0.2, 0.25) is 0 Å². The van der Waals surface area contributed by atoms with Crippen LogP contribution in [0.5, 0.6) is 0 Å². The minimum absolute atomic E-state index is 0.0406. The molecular formula is C17H16F2N2O. The molecule has 0 unspecified atom stereocenters. The van der Waals surface area contributed by atoms with Crippen molar-refractivity contribution in [1.29, 1.82) is 0 Å². The summed E-state index contributed by atoms with van der Waals surface area (Å²) >= 11 is 0. The number of nitrogens with one attached hydrogen (secondary N) is 1. The Morgan fingerprint density at radius 2 is 1.55 bits per heavy atom. The summed E-state index contributed by atoms with van der Waals surface area (Å²) in [6.07, 6.45) is 2.40. The highest BCUT2D eigenvalue weighted by atomic mass is 19.1. The Kier molecular flexibility index (Phi) is 4.04. The van der Waals surface area contributed by atoms with Crippen molar-refractivity contribution in [1.82, 2.24) is 0 Å². The van der Waals surface area contributed by atoms with E-state index in [0.717, 1.165) is 37.0 Å². The van der Waals surface area contributed by atoms with Crippen LogP contribution in [0, 0.1) is 11.6 Å². The molecule has 0 radical (unpaired) electrons. The van der Waals surface area contributed by atoms with Gasteiger partial charge >= 0.3 is 0 Å². The van der Waals surface area contributed by atoms with Crippen molar-refractivity contribution in [3.05, 3.63) is 59.7 Å². The molecule has 1 amide bonds. The van der Waals surface area contributed by atoms with Crippen LogP contribution in [0.25, 0.3) is 0 Å². The Balaban J connectivity index is 1.70. The molecule has 5 heteroatoms. The van der Waals surface area contributed by atoms with E-state index in [1.807, 2.05) is 12.1 Å². The highest BCUT2D eigenvalue weighted by Crippen LogP contribution is 2.22. The first kappa shape index (κ1) is 14.5. The molecule has 114 valence electrons. The van der Waals surface area contributed by atoms with Crippen LogP contribution in [-0.2, 0) is 0 Å². The van der Waals surface area contributed by atoms with Crippen LogP contribution in [0.1, 0.15) is 23.2 Å². The Bertz CT molecular complexity index is 659. The fourth-order valence-electron chi connectivity index (χ4n) is 2.62. The summed E-state index contributed by atoms with van der Waals surface area (Å²) in [5, 5.41) is 2.64. The van der Waals surface area contributed by atoms with Gasteiger partial charge in [-0.3, -0.25) is 4.79 Å². The molecule has 0 aliphatic carbocycles. The average molecular weight is 302 g/mol. The van der Waals surface area contributed by atoms with Crippen molar-refractivity contribution >= 4 is 17.3 Å². The number of rotatable bonds is 3. The Morgan fingerprint density at radius 1 is 0.955 bits per heavy atom. The number of carbonyl (C=O) groups is 1. The largest absolute Gasteiger partial charge is 0.372 e. The number of benzene rings is 2. The zero-order valence-electron chi connectivity index (χ0n) is 12.0. The minimum Gasteiger partial charge on any atom is -0.372 e. The molecule has 1 aliphatic heterocycles. The van der Waals surface area contributed by atoms with Crippen LogP contribution in [0.3, 0.4) is 0 Å². The lowest BCUT2D eigenvalue weighted by molar-refractivity contribution is 0.102. The molecule has 22 heavy (non-hydrogen) atoms. The first-order valence-electron chi connectivity index (χ1n) is 7.24. The van der Waals surface area contributed by atoms with E-state index in [1.165, 1.54) is 12.8 Å². The van der Waals surface area contributed by atoms with Crippen molar-refractivity contribution in [3.8, 4) is 0 Å². The summed E-state index contributed by atoms with van der Waals surface area (Å²) < 4.78 is 26.3. The summed E-state index contributed by atoms with van der Waals surface area (Å²) in [5.74, 6) is -2.07. The third kappa shape index (κ3) is 3.24. The van der Waals surface area contributed by atoms with Crippen LogP contribution in [0.2, 0.25) is 0 Å². The van der Waals surface area contributed by atoms with E-state index in [0.29, 0.717) is 5.69 Å². The van der Waals surface area contributed by atoms with Gasteiger partial charge in [-0.05, 0) is 49.2 Å². The molecule has 1 fully saturated rings. The van der Waals surface area contributed by atoms with Crippen LogP contribution < -0.4 is 10.2 Å². The summed E-state index contributed by atoms with van der Waals surface area (Å²) in [6, 6.07) is 10.2. The van der Waals surface area contributed by atoms with Crippen molar-refractivity contribution in [2.75, 3.05) is 23.3 Å². The van der Waals surface area contributed by atoms with Crippen molar-refractivity contribution in [2.24, 2.45) is 0 Å². The molecule has 0 saturated carbocycles. The fourth-order valence-corrected chi connectivity index (χ4v) is 2.62. The number of halogens is 2. The average Bonchev–Trinajstić information content (AvgIpc) is 3.01. The lowest BCUT2D eigenvalue weighted by Gasteiger charge is -2.17. The van der Waals surface area contributed by atoms with Gasteiger partial charge < -0.3 is 10.2 Å². The molecule has 3 rings (SSSR count). The summed E-state index contributed by atoms with van der Waals surface area (Å²) in [5.41, 5.74) is 1.67. The predicted molar refractivity (Wildman–Crippen MR) is 82.2 cm³/mol. The summed E-state index contributed by atoms with van der Waals surface area (Å²) in [6.45, 7) is 2.10. The lowest BCUT2D eigenvalue weighted by Crippen LogP contribution is -2.17. The van der Waals surface area contributed by atoms with E-state index in [9.17, 15) is 13.6 Å². The van der Waals surface area contributed by atoms with E-state index in [2.05, 4.69) is 10.2 Å². The second kappa shape index (κ2) is 6.13. The van der Waals surface area contributed by atoms with E-state index < -0.39 is 17.5 Å². The molecule has 1 N–H and O–H groups in total. The Hall–Kier alpha value is -2.43. The van der Waals surface area contributed by atoms with Crippen LogP contribution in [-0.4, -0.2) is 19.0 Å². The van der Waals surface area contributed by atoms with E-state index in [-0.39, 0.29) is 5.56 Å². The number of anilines is 2. The van der Waals surface area contributed by atoms with Crippen LogP contribution >= 0.6 is 0 Å². The molecule has 1 saturated heterocycles. The Morgan fingerprint density at radius 3 is 2.14 bits per heavy atom. The third-order valence-corrected chi connectivity index (χ3v) is 3.72. The topological polar surface area (TPSA) is 32.3 Å². The van der Waals surface area contributed by atoms with Gasteiger partial charge in [0.1, 0.15) is 11.6 Å². The minimum atomic E-state index is -0.769. The first-order chi connectivity index (χ1) is 10.6. The third-order valence-electron chi connectivity index (χ3n) is 3.72. The van der Waals surface area contributed by atoms with Gasteiger partial charge in [0.25, 0.3) is 5.91 Å². The van der Waals surface area contributed by atoms with Crippen LogP contribution in [0.4, 0.5) is 20.2 Å². The SMILES string of the molecule is O=C(Nc1ccc(N2CCCC2)cc1)c1cc(F)cc(F)c1. The zero-order valence-corrected chi connectivity index (χ0v) is 12.0. The number of amides is 1. The Labute approximate surface area is 127 Å². The molecule has 1 aliphatic rings. The van der Waals surface area contributed by atoms with Gasteiger partial charge in [-0.25, -0.2) is 8.78 Å². The van der Waals surface area contributed by atoms with Crippen molar-refractivity contribution in [3.63, 3.8) is 0 Å². The number of carbonyl (C=O) groups excluding carboxylic acids is 1. The van der Waals surface area contributed by atoms with Gasteiger partial charge in [0, 0.05) is 36.1 Å². The molecule has 1 heterocycles. The second-order valence-electron chi connectivity index (χ2n) is 5.35. The number of hydrogen-bond donors (Lipinski definition) is 1. The highest BCUT2D eigenvalue weighted by molar-refractivity contribution is 6.04. The van der Waals surface area contributed by atoms with Crippen molar-refractivity contribution < 1.29 is 13.6 Å². The number of nitrogens with zero attached hydrogens (tertiary/aromatic N) is 1. The molecule has 0 aromatic heterocycles. The van der Waals surface area contributed by atoms with Gasteiger partial charge in [-0.2, -0.15) is 0 Å². The van der Waals surface area contributed by atoms with Crippen molar-refractivity contribution in [2.45, 2.75) is 12.8 Å². The lowest BCUT2D eigenvalue weighted by atomic mass is 10.2. The van der Waals surface area contributed by atoms with Gasteiger partial charge in [-0.1, -0.05) is 0 Å². The predicted octanol–water partition coefficient (Wildman–Crippen LogP) is 3.82. The van der Waals surface area contributed by atoms with E-state index >= 15 is 0 Å². The maximum absolute atomic E-state index is 13.1. The maximum Gasteiger partial charge on any atom is 0.255 e. The quantitative estimate of drug-likeness (QED) is 0.935. The molecular weight excluding hydrogens is 286 g/mol. The fraction of sp³-hybridized carbons (Fsp3) is 0.235. The first-order valence-corrected chi connectivity index (χ1v) is 7.24. The van der Waals surface area contributed by atoms with E-state index in [4.69, 9.17) is 0 Å². The molecule has 0 atom stereocenters.